The molecule has 2 aromatic rings. The van der Waals surface area contributed by atoms with E-state index in [2.05, 4.69) is 15.8 Å². The molecule has 1 aliphatic heterocycles. The summed E-state index contributed by atoms with van der Waals surface area (Å²) in [6, 6.07) is 0. The zero-order valence-electron chi connectivity index (χ0n) is 11.9. The number of nitrogens with zero attached hydrogens (tertiary/aromatic N) is 2. The summed E-state index contributed by atoms with van der Waals surface area (Å²) in [5.74, 6) is 2.80. The fourth-order valence-corrected chi connectivity index (χ4v) is 5.26. The number of hydrogen-bond acceptors (Lipinski definition) is 4. The lowest BCUT2D eigenvalue weighted by Gasteiger charge is -2.13. The fourth-order valence-electron chi connectivity index (χ4n) is 3.17. The molecule has 0 spiro atoms. The van der Waals surface area contributed by atoms with Gasteiger partial charge in [0.1, 0.15) is 5.82 Å². The highest BCUT2D eigenvalue weighted by atomic mass is 32.2. The van der Waals surface area contributed by atoms with Crippen LogP contribution in [0.15, 0.2) is 5.38 Å². The Morgan fingerprint density at radius 1 is 1.29 bits per heavy atom. The van der Waals surface area contributed by atoms with Crippen LogP contribution in [0, 0.1) is 0 Å². The standard InChI is InChI=1S/C15H17N3OS2/c1-18-14(11-7-20-8-12(11)17-18)16-15(19)13-10-5-3-2-4-9(10)6-21-13/h6H,2-5,7-8H2,1H3,(H,16,19). The molecule has 0 saturated carbocycles. The molecule has 2 aromatic heterocycles. The maximum absolute atomic E-state index is 12.6. The van der Waals surface area contributed by atoms with Crippen molar-refractivity contribution < 1.29 is 4.79 Å². The molecular formula is C15H17N3OS2. The average molecular weight is 319 g/mol. The van der Waals surface area contributed by atoms with Crippen LogP contribution in [0.4, 0.5) is 5.82 Å². The highest BCUT2D eigenvalue weighted by molar-refractivity contribution is 7.98. The van der Waals surface area contributed by atoms with Crippen LogP contribution >= 0.6 is 23.1 Å². The number of aromatic nitrogens is 2. The summed E-state index contributed by atoms with van der Waals surface area (Å²) in [5.41, 5.74) is 4.96. The van der Waals surface area contributed by atoms with Crippen LogP contribution in [-0.2, 0) is 31.4 Å². The van der Waals surface area contributed by atoms with Gasteiger partial charge in [-0.3, -0.25) is 9.48 Å². The van der Waals surface area contributed by atoms with Crippen molar-refractivity contribution in [3.8, 4) is 0 Å². The van der Waals surface area contributed by atoms with Gasteiger partial charge in [-0.05, 0) is 42.2 Å². The molecule has 0 radical (unpaired) electrons. The molecule has 4 rings (SSSR count). The molecule has 0 saturated heterocycles. The SMILES string of the molecule is Cn1nc2c(c1NC(=O)c1scc3c1CCCC3)CSC2. The van der Waals surface area contributed by atoms with Crippen LogP contribution in [0.3, 0.4) is 0 Å². The van der Waals surface area contributed by atoms with E-state index in [-0.39, 0.29) is 5.91 Å². The molecule has 6 heteroatoms. The van der Waals surface area contributed by atoms with Gasteiger partial charge in [-0.25, -0.2) is 0 Å². The Balaban J connectivity index is 1.63. The molecular weight excluding hydrogens is 302 g/mol. The van der Waals surface area contributed by atoms with Crippen LogP contribution in [0.1, 0.15) is 44.9 Å². The molecule has 21 heavy (non-hydrogen) atoms. The summed E-state index contributed by atoms with van der Waals surface area (Å²) in [6.45, 7) is 0. The molecule has 0 atom stereocenters. The van der Waals surface area contributed by atoms with E-state index in [0.717, 1.165) is 40.7 Å². The van der Waals surface area contributed by atoms with E-state index in [1.165, 1.54) is 29.5 Å². The number of carbonyl (C=O) groups excluding carboxylic acids is 1. The van der Waals surface area contributed by atoms with E-state index in [4.69, 9.17) is 0 Å². The number of nitrogens with one attached hydrogen (secondary N) is 1. The number of anilines is 1. The normalized spacial score (nSPS) is 16.6. The molecule has 0 aromatic carbocycles. The van der Waals surface area contributed by atoms with Gasteiger partial charge < -0.3 is 5.32 Å². The number of fused-ring (bicyclic) bond motifs is 2. The van der Waals surface area contributed by atoms with Gasteiger partial charge in [0.2, 0.25) is 0 Å². The van der Waals surface area contributed by atoms with Crippen molar-refractivity contribution in [3.05, 3.63) is 32.6 Å². The first-order chi connectivity index (χ1) is 10.2. The Bertz CT molecular complexity index is 717. The molecule has 110 valence electrons. The Morgan fingerprint density at radius 3 is 3.05 bits per heavy atom. The highest BCUT2D eigenvalue weighted by Crippen LogP contribution is 2.35. The third kappa shape index (κ3) is 2.21. The lowest BCUT2D eigenvalue weighted by molar-refractivity contribution is 0.102. The molecule has 0 bridgehead atoms. The summed E-state index contributed by atoms with van der Waals surface area (Å²) >= 11 is 3.44. The minimum Gasteiger partial charge on any atom is -0.306 e. The van der Waals surface area contributed by atoms with E-state index in [0.29, 0.717) is 0 Å². The highest BCUT2D eigenvalue weighted by Gasteiger charge is 2.25. The Labute approximate surface area is 131 Å². The van der Waals surface area contributed by atoms with Crippen molar-refractivity contribution in [2.24, 2.45) is 7.05 Å². The molecule has 4 nitrogen and oxygen atoms in total. The van der Waals surface area contributed by atoms with Gasteiger partial charge >= 0.3 is 0 Å². The smallest absolute Gasteiger partial charge is 0.267 e. The van der Waals surface area contributed by atoms with E-state index in [9.17, 15) is 4.79 Å². The summed E-state index contributed by atoms with van der Waals surface area (Å²) in [7, 11) is 1.91. The minimum absolute atomic E-state index is 0.0332. The predicted octanol–water partition coefficient (Wildman–Crippen LogP) is 3.36. The summed E-state index contributed by atoms with van der Waals surface area (Å²) < 4.78 is 1.81. The molecule has 2 aliphatic rings. The van der Waals surface area contributed by atoms with Crippen LogP contribution < -0.4 is 5.32 Å². The van der Waals surface area contributed by atoms with Gasteiger partial charge in [-0.1, -0.05) is 0 Å². The first-order valence-electron chi connectivity index (χ1n) is 7.27. The molecule has 3 heterocycles. The molecule has 1 N–H and O–H groups in total. The Kier molecular flexibility index (Phi) is 3.30. The van der Waals surface area contributed by atoms with Gasteiger partial charge in [-0.2, -0.15) is 16.9 Å². The Morgan fingerprint density at radius 2 is 2.14 bits per heavy atom. The van der Waals surface area contributed by atoms with Crippen LogP contribution in [-0.4, -0.2) is 15.7 Å². The lowest BCUT2D eigenvalue weighted by Crippen LogP contribution is -2.16. The average Bonchev–Trinajstić information content (AvgIpc) is 3.15. The molecule has 1 amide bonds. The third-order valence-corrected chi connectivity index (χ3v) is 6.30. The van der Waals surface area contributed by atoms with Gasteiger partial charge in [0.25, 0.3) is 5.91 Å². The van der Waals surface area contributed by atoms with E-state index < -0.39 is 0 Å². The second-order valence-corrected chi connectivity index (χ2v) is 7.49. The van der Waals surface area contributed by atoms with Crippen LogP contribution in [0.5, 0.6) is 0 Å². The van der Waals surface area contributed by atoms with E-state index >= 15 is 0 Å². The van der Waals surface area contributed by atoms with Crippen molar-refractivity contribution in [1.29, 1.82) is 0 Å². The lowest BCUT2D eigenvalue weighted by atomic mass is 9.94. The number of carbonyl (C=O) groups is 1. The maximum atomic E-state index is 12.6. The van der Waals surface area contributed by atoms with Gasteiger partial charge in [0, 0.05) is 24.1 Å². The monoisotopic (exact) mass is 319 g/mol. The maximum Gasteiger partial charge on any atom is 0.267 e. The van der Waals surface area contributed by atoms with Crippen LogP contribution in [0.2, 0.25) is 0 Å². The van der Waals surface area contributed by atoms with Crippen molar-refractivity contribution in [2.45, 2.75) is 37.2 Å². The van der Waals surface area contributed by atoms with Gasteiger partial charge in [0.15, 0.2) is 0 Å². The second kappa shape index (κ2) is 5.18. The summed E-state index contributed by atoms with van der Waals surface area (Å²) in [4.78, 5) is 13.5. The quantitative estimate of drug-likeness (QED) is 0.923. The van der Waals surface area contributed by atoms with E-state index in [1.807, 2.05) is 23.5 Å². The third-order valence-electron chi connectivity index (χ3n) is 4.26. The number of thioether (sulfide) groups is 1. The predicted molar refractivity (Wildman–Crippen MR) is 87.1 cm³/mol. The molecule has 0 fully saturated rings. The minimum atomic E-state index is 0.0332. The second-order valence-electron chi connectivity index (χ2n) is 5.62. The van der Waals surface area contributed by atoms with Crippen molar-refractivity contribution in [2.75, 3.05) is 5.32 Å². The largest absolute Gasteiger partial charge is 0.306 e. The number of hydrogen-bond donors (Lipinski definition) is 1. The van der Waals surface area contributed by atoms with Crippen molar-refractivity contribution in [1.82, 2.24) is 9.78 Å². The van der Waals surface area contributed by atoms with Gasteiger partial charge in [-0.15, -0.1) is 11.3 Å². The zero-order valence-corrected chi connectivity index (χ0v) is 13.6. The van der Waals surface area contributed by atoms with Crippen molar-refractivity contribution in [3.63, 3.8) is 0 Å². The fraction of sp³-hybridized carbons (Fsp3) is 0.467. The van der Waals surface area contributed by atoms with Crippen LogP contribution in [0.25, 0.3) is 0 Å². The van der Waals surface area contributed by atoms with Crippen molar-refractivity contribution >= 4 is 34.8 Å². The molecule has 0 unspecified atom stereocenters. The first kappa shape index (κ1) is 13.4. The number of aryl methyl sites for hydroxylation is 2. The zero-order chi connectivity index (χ0) is 14.4. The number of amides is 1. The first-order valence-corrected chi connectivity index (χ1v) is 9.30. The number of thiophene rings is 1. The molecule has 1 aliphatic carbocycles. The Hall–Kier alpha value is -1.27. The summed E-state index contributed by atoms with van der Waals surface area (Å²) in [5, 5.41) is 9.76. The summed E-state index contributed by atoms with van der Waals surface area (Å²) in [6.07, 6.45) is 4.61. The topological polar surface area (TPSA) is 46.9 Å². The van der Waals surface area contributed by atoms with Gasteiger partial charge in [0.05, 0.1) is 10.6 Å². The number of rotatable bonds is 2. The van der Waals surface area contributed by atoms with E-state index in [1.54, 1.807) is 11.3 Å².